The fourth-order valence-corrected chi connectivity index (χ4v) is 1.94. The molecule has 0 unspecified atom stereocenters. The molecular formula is C16H24ClNO2. The molecule has 20 heavy (non-hydrogen) atoms. The quantitative estimate of drug-likeness (QED) is 0.707. The van der Waals surface area contributed by atoms with Crippen LogP contribution in [0, 0.1) is 0 Å². The second kappa shape index (κ2) is 9.78. The summed E-state index contributed by atoms with van der Waals surface area (Å²) in [6, 6.07) is 7.77. The smallest absolute Gasteiger partial charge is 0.220 e. The van der Waals surface area contributed by atoms with Gasteiger partial charge in [-0.1, -0.05) is 23.7 Å². The van der Waals surface area contributed by atoms with Gasteiger partial charge in [0.15, 0.2) is 0 Å². The van der Waals surface area contributed by atoms with Crippen LogP contribution in [-0.2, 0) is 16.0 Å². The van der Waals surface area contributed by atoms with Crippen LogP contribution in [0.2, 0.25) is 5.02 Å². The molecule has 0 saturated carbocycles. The van der Waals surface area contributed by atoms with Crippen LogP contribution in [0.4, 0.5) is 0 Å². The number of benzene rings is 1. The van der Waals surface area contributed by atoms with Crippen molar-refractivity contribution in [1.29, 1.82) is 0 Å². The Bertz CT molecular complexity index is 390. The summed E-state index contributed by atoms with van der Waals surface area (Å²) in [6.07, 6.45) is 3.44. The molecule has 0 aliphatic rings. The predicted molar refractivity (Wildman–Crippen MR) is 83.1 cm³/mol. The molecule has 0 fully saturated rings. The van der Waals surface area contributed by atoms with E-state index in [0.717, 1.165) is 24.3 Å². The lowest BCUT2D eigenvalue weighted by molar-refractivity contribution is -0.121. The minimum atomic E-state index is 0.114. The topological polar surface area (TPSA) is 38.3 Å². The first kappa shape index (κ1) is 17.0. The van der Waals surface area contributed by atoms with Crippen molar-refractivity contribution in [1.82, 2.24) is 5.32 Å². The predicted octanol–water partition coefficient (Wildman–Crippen LogP) is 3.59. The van der Waals surface area contributed by atoms with Gasteiger partial charge in [-0.3, -0.25) is 4.79 Å². The number of aryl methyl sites for hydroxylation is 1. The second-order valence-electron chi connectivity index (χ2n) is 5.10. The van der Waals surface area contributed by atoms with E-state index in [1.54, 1.807) is 0 Å². The number of nitrogens with one attached hydrogen (secondary N) is 1. The average Bonchev–Trinajstić information content (AvgIpc) is 2.40. The molecule has 0 aromatic heterocycles. The van der Waals surface area contributed by atoms with Crippen molar-refractivity contribution < 1.29 is 9.53 Å². The van der Waals surface area contributed by atoms with Gasteiger partial charge in [-0.05, 0) is 50.8 Å². The van der Waals surface area contributed by atoms with Gasteiger partial charge in [0.1, 0.15) is 0 Å². The molecule has 1 amide bonds. The first-order chi connectivity index (χ1) is 9.58. The Kier molecular flexibility index (Phi) is 8.31. The Labute approximate surface area is 126 Å². The Hall–Kier alpha value is -1.06. The van der Waals surface area contributed by atoms with Gasteiger partial charge in [-0.2, -0.15) is 0 Å². The van der Waals surface area contributed by atoms with Gasteiger partial charge in [0.2, 0.25) is 5.91 Å². The summed E-state index contributed by atoms with van der Waals surface area (Å²) in [4.78, 5) is 11.6. The molecule has 1 rings (SSSR count). The Morgan fingerprint density at radius 1 is 1.25 bits per heavy atom. The van der Waals surface area contributed by atoms with Gasteiger partial charge in [0.25, 0.3) is 0 Å². The summed E-state index contributed by atoms with van der Waals surface area (Å²) in [5.74, 6) is 0.114. The van der Waals surface area contributed by atoms with Crippen molar-refractivity contribution in [3.63, 3.8) is 0 Å². The molecule has 1 aromatic rings. The fraction of sp³-hybridized carbons (Fsp3) is 0.562. The minimum absolute atomic E-state index is 0.114. The maximum Gasteiger partial charge on any atom is 0.220 e. The van der Waals surface area contributed by atoms with E-state index in [2.05, 4.69) is 5.32 Å². The first-order valence-electron chi connectivity index (χ1n) is 7.20. The Balaban J connectivity index is 2.04. The zero-order valence-electron chi connectivity index (χ0n) is 12.3. The van der Waals surface area contributed by atoms with Crippen LogP contribution in [0.15, 0.2) is 24.3 Å². The maximum atomic E-state index is 11.6. The van der Waals surface area contributed by atoms with Crippen molar-refractivity contribution in [2.75, 3.05) is 13.2 Å². The molecule has 0 heterocycles. The molecule has 0 atom stereocenters. The van der Waals surface area contributed by atoms with Crippen molar-refractivity contribution in [2.45, 2.75) is 45.6 Å². The normalized spacial score (nSPS) is 10.8. The summed E-state index contributed by atoms with van der Waals surface area (Å²) in [5, 5.41) is 3.66. The van der Waals surface area contributed by atoms with Crippen molar-refractivity contribution >= 4 is 17.5 Å². The van der Waals surface area contributed by atoms with Crippen LogP contribution >= 0.6 is 11.6 Å². The number of halogens is 1. The van der Waals surface area contributed by atoms with Crippen LogP contribution < -0.4 is 5.32 Å². The minimum Gasteiger partial charge on any atom is -0.379 e. The van der Waals surface area contributed by atoms with Crippen molar-refractivity contribution in [2.24, 2.45) is 0 Å². The Morgan fingerprint density at radius 2 is 1.95 bits per heavy atom. The fourth-order valence-electron chi connectivity index (χ4n) is 1.81. The van der Waals surface area contributed by atoms with Crippen LogP contribution in [0.25, 0.3) is 0 Å². The molecule has 1 aromatic carbocycles. The molecule has 0 radical (unpaired) electrons. The van der Waals surface area contributed by atoms with E-state index in [0.29, 0.717) is 19.6 Å². The highest BCUT2D eigenvalue weighted by molar-refractivity contribution is 6.30. The lowest BCUT2D eigenvalue weighted by atomic mass is 10.1. The van der Waals surface area contributed by atoms with Crippen molar-refractivity contribution in [3.8, 4) is 0 Å². The van der Waals surface area contributed by atoms with Gasteiger partial charge in [0.05, 0.1) is 6.10 Å². The third-order valence-corrected chi connectivity index (χ3v) is 3.13. The van der Waals surface area contributed by atoms with E-state index >= 15 is 0 Å². The number of ether oxygens (including phenoxy) is 1. The van der Waals surface area contributed by atoms with Gasteiger partial charge >= 0.3 is 0 Å². The number of rotatable bonds is 9. The van der Waals surface area contributed by atoms with Gasteiger partial charge in [0, 0.05) is 24.6 Å². The largest absolute Gasteiger partial charge is 0.379 e. The summed E-state index contributed by atoms with van der Waals surface area (Å²) >= 11 is 5.82. The zero-order chi connectivity index (χ0) is 14.8. The number of carbonyl (C=O) groups excluding carboxylic acids is 1. The number of carbonyl (C=O) groups is 1. The van der Waals surface area contributed by atoms with Gasteiger partial charge in [-0.25, -0.2) is 0 Å². The molecule has 0 aliphatic heterocycles. The molecular weight excluding hydrogens is 274 g/mol. The van der Waals surface area contributed by atoms with E-state index in [-0.39, 0.29) is 12.0 Å². The Morgan fingerprint density at radius 3 is 2.60 bits per heavy atom. The highest BCUT2D eigenvalue weighted by atomic mass is 35.5. The molecule has 0 saturated heterocycles. The highest BCUT2D eigenvalue weighted by Gasteiger charge is 2.01. The summed E-state index contributed by atoms with van der Waals surface area (Å²) in [5.41, 5.74) is 1.22. The van der Waals surface area contributed by atoms with E-state index in [9.17, 15) is 4.79 Å². The van der Waals surface area contributed by atoms with Gasteiger partial charge in [-0.15, -0.1) is 0 Å². The van der Waals surface area contributed by atoms with Crippen LogP contribution in [0.5, 0.6) is 0 Å². The highest BCUT2D eigenvalue weighted by Crippen LogP contribution is 2.11. The third-order valence-electron chi connectivity index (χ3n) is 2.88. The molecule has 0 bridgehead atoms. The summed E-state index contributed by atoms with van der Waals surface area (Å²) in [6.45, 7) is 5.40. The van der Waals surface area contributed by atoms with Gasteiger partial charge < -0.3 is 10.1 Å². The van der Waals surface area contributed by atoms with Crippen LogP contribution in [0.3, 0.4) is 0 Å². The van der Waals surface area contributed by atoms with E-state index in [4.69, 9.17) is 16.3 Å². The third kappa shape index (κ3) is 8.18. The molecule has 0 aliphatic carbocycles. The van der Waals surface area contributed by atoms with Crippen LogP contribution in [-0.4, -0.2) is 25.2 Å². The van der Waals surface area contributed by atoms with E-state index in [1.807, 2.05) is 38.1 Å². The molecule has 4 heteroatoms. The lowest BCUT2D eigenvalue weighted by Crippen LogP contribution is -2.25. The summed E-state index contributed by atoms with van der Waals surface area (Å²) in [7, 11) is 0. The molecule has 0 spiro atoms. The molecule has 1 N–H and O–H groups in total. The molecule has 112 valence electrons. The first-order valence-corrected chi connectivity index (χ1v) is 7.58. The van der Waals surface area contributed by atoms with E-state index in [1.165, 1.54) is 5.56 Å². The lowest BCUT2D eigenvalue weighted by Gasteiger charge is -2.08. The van der Waals surface area contributed by atoms with Crippen LogP contribution in [0.1, 0.15) is 38.7 Å². The molecule has 3 nitrogen and oxygen atoms in total. The number of amides is 1. The SMILES string of the molecule is CC(C)OCCCNC(=O)CCCc1ccc(Cl)cc1. The number of hydrogen-bond acceptors (Lipinski definition) is 2. The van der Waals surface area contributed by atoms with E-state index < -0.39 is 0 Å². The summed E-state index contributed by atoms with van der Waals surface area (Å²) < 4.78 is 5.41. The average molecular weight is 298 g/mol. The monoisotopic (exact) mass is 297 g/mol. The zero-order valence-corrected chi connectivity index (χ0v) is 13.1. The number of hydrogen-bond donors (Lipinski definition) is 1. The second-order valence-corrected chi connectivity index (χ2v) is 5.54. The van der Waals surface area contributed by atoms with Crippen molar-refractivity contribution in [3.05, 3.63) is 34.9 Å². The standard InChI is InChI=1S/C16H24ClNO2/c1-13(2)20-12-4-11-18-16(19)6-3-5-14-7-9-15(17)10-8-14/h7-10,13H,3-6,11-12H2,1-2H3,(H,18,19). The maximum absolute atomic E-state index is 11.6.